The van der Waals surface area contributed by atoms with Gasteiger partial charge in [0.05, 0.1) is 27.9 Å². The molecule has 0 saturated carbocycles. The maximum Gasteiger partial charge on any atom is 0.338 e. The highest BCUT2D eigenvalue weighted by atomic mass is 35.5. The lowest BCUT2D eigenvalue weighted by molar-refractivity contribution is -0.143. The Kier molecular flexibility index (Phi) is 6.75. The molecule has 0 saturated heterocycles. The number of fused-ring (bicyclic) bond motifs is 2. The molecule has 0 radical (unpaired) electrons. The number of carbonyl (C=O) groups is 1. The summed E-state index contributed by atoms with van der Waals surface area (Å²) in [6.07, 6.45) is 5.46. The zero-order valence-electron chi connectivity index (χ0n) is 20.8. The second-order valence-electron chi connectivity index (χ2n) is 9.13. The van der Waals surface area contributed by atoms with Gasteiger partial charge in [-0.05, 0) is 50.6 Å². The smallest absolute Gasteiger partial charge is 0.338 e. The van der Waals surface area contributed by atoms with Gasteiger partial charge in [0.15, 0.2) is 4.80 Å². The van der Waals surface area contributed by atoms with Gasteiger partial charge in [-0.25, -0.2) is 9.79 Å². The van der Waals surface area contributed by atoms with E-state index in [2.05, 4.69) is 16.1 Å². The summed E-state index contributed by atoms with van der Waals surface area (Å²) in [6.45, 7) is 9.88. The Morgan fingerprint density at radius 2 is 1.95 bits per heavy atom. The van der Waals surface area contributed by atoms with Crippen LogP contribution in [-0.4, -0.2) is 21.2 Å². The lowest BCUT2D eigenvalue weighted by atomic mass is 9.96. The average molecular weight is 532 g/mol. The first-order valence-electron chi connectivity index (χ1n) is 12.0. The highest BCUT2D eigenvalue weighted by molar-refractivity contribution is 7.07. The molecule has 0 aliphatic carbocycles. The number of nitrogens with zero attached hydrogens (tertiary/aromatic N) is 3. The molecule has 8 heteroatoms. The Hall–Kier alpha value is -3.68. The maximum absolute atomic E-state index is 13.9. The topological polar surface area (TPSA) is 65.6 Å². The average Bonchev–Trinajstić information content (AvgIpc) is 3.35. The minimum atomic E-state index is -0.677. The van der Waals surface area contributed by atoms with Gasteiger partial charge in [0, 0.05) is 34.2 Å². The van der Waals surface area contributed by atoms with E-state index in [1.54, 1.807) is 37.5 Å². The van der Waals surface area contributed by atoms with Crippen molar-refractivity contribution in [1.82, 2.24) is 9.13 Å². The van der Waals surface area contributed by atoms with Gasteiger partial charge >= 0.3 is 5.97 Å². The van der Waals surface area contributed by atoms with Crippen molar-refractivity contribution in [1.29, 1.82) is 0 Å². The number of para-hydroxylation sites is 1. The first-order chi connectivity index (χ1) is 17.8. The summed E-state index contributed by atoms with van der Waals surface area (Å²) in [5.41, 5.74) is 3.41. The number of aromatic nitrogens is 2. The van der Waals surface area contributed by atoms with Crippen LogP contribution in [0.5, 0.6) is 0 Å². The van der Waals surface area contributed by atoms with Crippen LogP contribution in [0.15, 0.2) is 88.4 Å². The summed E-state index contributed by atoms with van der Waals surface area (Å²) < 4.78 is 9.78. The minimum Gasteiger partial charge on any atom is -0.459 e. The number of allylic oxidation sites excluding steroid dienone is 2. The maximum atomic E-state index is 13.9. The van der Waals surface area contributed by atoms with Gasteiger partial charge in [0.1, 0.15) is 0 Å². The number of hydrogen-bond donors (Lipinski definition) is 0. The molecule has 6 nitrogen and oxygen atoms in total. The molecule has 0 spiro atoms. The van der Waals surface area contributed by atoms with Crippen LogP contribution >= 0.6 is 22.9 Å². The fourth-order valence-corrected chi connectivity index (χ4v) is 5.81. The van der Waals surface area contributed by atoms with Crippen molar-refractivity contribution in [3.05, 3.63) is 114 Å². The molecular formula is C29H26ClN3O3S. The van der Waals surface area contributed by atoms with Crippen LogP contribution in [0.2, 0.25) is 5.02 Å². The molecule has 2 aromatic carbocycles. The summed E-state index contributed by atoms with van der Waals surface area (Å²) in [7, 11) is 0. The van der Waals surface area contributed by atoms with Crippen molar-refractivity contribution in [2.75, 3.05) is 0 Å². The first kappa shape index (κ1) is 25.0. The van der Waals surface area contributed by atoms with Gasteiger partial charge in [0.2, 0.25) is 0 Å². The molecule has 0 bridgehead atoms. The van der Waals surface area contributed by atoms with E-state index >= 15 is 0 Å². The molecule has 2 aromatic heterocycles. The SMILES string of the molecule is C=CCn1cc(/C=c2/sc3n(c2=O)C(c2ccc(Cl)cc2)C(C(=O)OC(C)C)=C(C)N=3)c2ccccc21. The predicted octanol–water partition coefficient (Wildman–Crippen LogP) is 4.98. The highest BCUT2D eigenvalue weighted by Crippen LogP contribution is 2.31. The molecule has 1 aliphatic rings. The number of thiazole rings is 1. The molecule has 3 heterocycles. The van der Waals surface area contributed by atoms with E-state index < -0.39 is 12.0 Å². The lowest BCUT2D eigenvalue weighted by Crippen LogP contribution is -2.40. The molecule has 188 valence electrons. The van der Waals surface area contributed by atoms with E-state index in [1.165, 1.54) is 11.3 Å². The second-order valence-corrected chi connectivity index (χ2v) is 10.6. The third-order valence-electron chi connectivity index (χ3n) is 6.20. The molecular weight excluding hydrogens is 506 g/mol. The number of rotatable bonds is 6. The van der Waals surface area contributed by atoms with Crippen LogP contribution in [0.3, 0.4) is 0 Å². The third kappa shape index (κ3) is 4.61. The van der Waals surface area contributed by atoms with Crippen molar-refractivity contribution in [3.8, 4) is 0 Å². The number of halogens is 1. The van der Waals surface area contributed by atoms with E-state index in [1.807, 2.05) is 54.7 Å². The predicted molar refractivity (Wildman–Crippen MR) is 149 cm³/mol. The molecule has 5 rings (SSSR count). The summed E-state index contributed by atoms with van der Waals surface area (Å²) >= 11 is 7.45. The van der Waals surface area contributed by atoms with E-state index in [0.29, 0.717) is 32.2 Å². The fraction of sp³-hybridized carbons (Fsp3) is 0.207. The zero-order valence-corrected chi connectivity index (χ0v) is 22.3. The molecule has 1 atom stereocenters. The largest absolute Gasteiger partial charge is 0.459 e. The van der Waals surface area contributed by atoms with Crippen LogP contribution in [0, 0.1) is 0 Å². The van der Waals surface area contributed by atoms with E-state index in [0.717, 1.165) is 22.0 Å². The Balaban J connectivity index is 1.73. The van der Waals surface area contributed by atoms with E-state index in [4.69, 9.17) is 16.3 Å². The van der Waals surface area contributed by atoms with Gasteiger partial charge in [-0.2, -0.15) is 0 Å². The molecule has 1 aliphatic heterocycles. The van der Waals surface area contributed by atoms with Gasteiger partial charge in [-0.15, -0.1) is 6.58 Å². The summed E-state index contributed by atoms with van der Waals surface area (Å²) in [5, 5.41) is 1.61. The Morgan fingerprint density at radius 1 is 1.22 bits per heavy atom. The van der Waals surface area contributed by atoms with Crippen LogP contribution < -0.4 is 14.9 Å². The summed E-state index contributed by atoms with van der Waals surface area (Å²) in [5.74, 6) is -0.488. The molecule has 0 amide bonds. The van der Waals surface area contributed by atoms with Crippen molar-refractivity contribution < 1.29 is 9.53 Å². The minimum absolute atomic E-state index is 0.216. The third-order valence-corrected chi connectivity index (χ3v) is 7.44. The Labute approximate surface area is 223 Å². The standard InChI is InChI=1S/C29H26ClN3O3S/c1-5-14-32-16-20(22-8-6-7-9-23(22)32)15-24-27(34)33-26(19-10-12-21(30)13-11-19)25(28(35)36-17(2)3)18(4)31-29(33)37-24/h5-13,15-17,26H,1,14H2,2-4H3/b24-15+. The summed E-state index contributed by atoms with van der Waals surface area (Å²) in [4.78, 5) is 32.3. The van der Waals surface area contributed by atoms with Gasteiger partial charge in [-0.3, -0.25) is 9.36 Å². The zero-order chi connectivity index (χ0) is 26.3. The monoisotopic (exact) mass is 531 g/mol. The number of carbonyl (C=O) groups excluding carboxylic acids is 1. The number of benzene rings is 2. The van der Waals surface area contributed by atoms with Crippen molar-refractivity contribution in [3.63, 3.8) is 0 Å². The van der Waals surface area contributed by atoms with Crippen LogP contribution in [0.1, 0.15) is 37.9 Å². The molecule has 1 unspecified atom stereocenters. The normalized spacial score (nSPS) is 15.7. The Bertz CT molecular complexity index is 1740. The van der Waals surface area contributed by atoms with Gasteiger partial charge in [-0.1, -0.05) is 59.3 Å². The Morgan fingerprint density at radius 3 is 2.65 bits per heavy atom. The lowest BCUT2D eigenvalue weighted by Gasteiger charge is -2.25. The highest BCUT2D eigenvalue weighted by Gasteiger charge is 2.33. The molecule has 4 aromatic rings. The van der Waals surface area contributed by atoms with E-state index in [9.17, 15) is 9.59 Å². The van der Waals surface area contributed by atoms with E-state index in [-0.39, 0.29) is 11.7 Å². The fourth-order valence-electron chi connectivity index (χ4n) is 4.64. The number of hydrogen-bond acceptors (Lipinski definition) is 5. The van der Waals surface area contributed by atoms with Gasteiger partial charge in [0.25, 0.3) is 5.56 Å². The quantitative estimate of drug-likeness (QED) is 0.260. The van der Waals surface area contributed by atoms with Crippen molar-refractivity contribution in [2.45, 2.75) is 39.5 Å². The summed E-state index contributed by atoms with van der Waals surface area (Å²) in [6, 6.07) is 14.5. The van der Waals surface area contributed by atoms with Crippen LogP contribution in [0.25, 0.3) is 17.0 Å². The first-order valence-corrected chi connectivity index (χ1v) is 13.2. The molecule has 37 heavy (non-hydrogen) atoms. The number of esters is 1. The van der Waals surface area contributed by atoms with Crippen molar-refractivity contribution in [2.24, 2.45) is 4.99 Å². The van der Waals surface area contributed by atoms with Crippen LogP contribution in [-0.2, 0) is 16.1 Å². The molecule has 0 N–H and O–H groups in total. The van der Waals surface area contributed by atoms with Crippen LogP contribution in [0.4, 0.5) is 0 Å². The number of ether oxygens (including phenoxy) is 1. The van der Waals surface area contributed by atoms with Crippen molar-refractivity contribution >= 4 is 45.9 Å². The molecule has 0 fully saturated rings. The van der Waals surface area contributed by atoms with Gasteiger partial charge < -0.3 is 9.30 Å². The second kappa shape index (κ2) is 10.00.